The highest BCUT2D eigenvalue weighted by molar-refractivity contribution is 7.13. The van der Waals surface area contributed by atoms with Gasteiger partial charge in [-0.3, -0.25) is 4.79 Å². The van der Waals surface area contributed by atoms with Crippen molar-refractivity contribution >= 4 is 40.5 Å². The largest absolute Gasteiger partial charge is 0.455 e. The molecule has 1 heterocycles. The van der Waals surface area contributed by atoms with Gasteiger partial charge in [0.05, 0.1) is 16.4 Å². The molecule has 0 aliphatic carbocycles. The molecule has 0 atom stereocenters. The first kappa shape index (κ1) is 19.9. The molecule has 0 aliphatic heterocycles. The van der Waals surface area contributed by atoms with Crippen LogP contribution in [-0.2, 0) is 9.53 Å². The minimum Gasteiger partial charge on any atom is -0.455 e. The number of hydrogen-bond donors (Lipinski definition) is 1. The van der Waals surface area contributed by atoms with E-state index >= 15 is 0 Å². The molecule has 0 fully saturated rings. The van der Waals surface area contributed by atoms with Crippen LogP contribution in [0.1, 0.15) is 20.4 Å². The Labute approximate surface area is 171 Å². The van der Waals surface area contributed by atoms with E-state index in [0.29, 0.717) is 32.8 Å². The number of thiazole rings is 1. The monoisotopic (exact) mass is 416 g/mol. The molecule has 1 amide bonds. The minimum absolute atomic E-state index is 0.377. The highest BCUT2D eigenvalue weighted by Crippen LogP contribution is 2.32. The van der Waals surface area contributed by atoms with Gasteiger partial charge in [0.15, 0.2) is 12.4 Å². The molecule has 28 heavy (non-hydrogen) atoms. The Kier molecular flexibility index (Phi) is 6.28. The highest BCUT2D eigenvalue weighted by Gasteiger charge is 2.17. The maximum Gasteiger partial charge on any atom is 0.350 e. The molecule has 0 aliphatic rings. The Morgan fingerprint density at radius 1 is 1.14 bits per heavy atom. The van der Waals surface area contributed by atoms with Gasteiger partial charge in [0.2, 0.25) is 0 Å². The molecule has 3 rings (SSSR count). The predicted molar refractivity (Wildman–Crippen MR) is 108 cm³/mol. The molecular formula is C20H17ClN2O4S. The van der Waals surface area contributed by atoms with E-state index in [1.807, 2.05) is 18.2 Å². The molecule has 0 radical (unpaired) electrons. The molecule has 0 saturated carbocycles. The van der Waals surface area contributed by atoms with E-state index in [4.69, 9.17) is 21.1 Å². The molecular weight excluding hydrogens is 400 g/mol. The zero-order chi connectivity index (χ0) is 20.1. The van der Waals surface area contributed by atoms with Crippen molar-refractivity contribution in [2.24, 2.45) is 0 Å². The number of esters is 1. The summed E-state index contributed by atoms with van der Waals surface area (Å²) in [7, 11) is 0. The number of carbonyl (C=O) groups excluding carboxylic acids is 2. The predicted octanol–water partition coefficient (Wildman–Crippen LogP) is 5.00. The number of para-hydroxylation sites is 1. The van der Waals surface area contributed by atoms with Gasteiger partial charge in [-0.05, 0) is 44.2 Å². The summed E-state index contributed by atoms with van der Waals surface area (Å²) in [6, 6.07) is 14.0. The average Bonchev–Trinajstić information content (AvgIpc) is 3.01. The molecule has 3 aromatic rings. The molecule has 0 unspecified atom stereocenters. The quantitative estimate of drug-likeness (QED) is 0.572. The molecule has 2 aromatic carbocycles. The second-order valence-electron chi connectivity index (χ2n) is 5.83. The Hall–Kier alpha value is -2.90. The van der Waals surface area contributed by atoms with Crippen molar-refractivity contribution < 1.29 is 19.1 Å². The van der Waals surface area contributed by atoms with Crippen LogP contribution in [0.5, 0.6) is 11.5 Å². The summed E-state index contributed by atoms with van der Waals surface area (Å²) in [6.07, 6.45) is 0. The summed E-state index contributed by atoms with van der Waals surface area (Å²) >= 11 is 7.26. The van der Waals surface area contributed by atoms with Gasteiger partial charge in [-0.15, -0.1) is 11.3 Å². The smallest absolute Gasteiger partial charge is 0.350 e. The van der Waals surface area contributed by atoms with Crippen LogP contribution in [-0.4, -0.2) is 23.5 Å². The number of rotatable bonds is 6. The Morgan fingerprint density at radius 2 is 1.89 bits per heavy atom. The summed E-state index contributed by atoms with van der Waals surface area (Å²) in [5, 5.41) is 3.85. The van der Waals surface area contributed by atoms with Crippen molar-refractivity contribution in [3.8, 4) is 11.5 Å². The van der Waals surface area contributed by atoms with E-state index in [1.54, 1.807) is 44.2 Å². The van der Waals surface area contributed by atoms with Crippen LogP contribution in [0.15, 0.2) is 48.5 Å². The second kappa shape index (κ2) is 8.86. The third-order valence-electron chi connectivity index (χ3n) is 3.61. The van der Waals surface area contributed by atoms with E-state index in [-0.39, 0.29) is 0 Å². The van der Waals surface area contributed by atoms with Gasteiger partial charge in [0.25, 0.3) is 5.91 Å². The summed E-state index contributed by atoms with van der Waals surface area (Å²) in [5.41, 5.74) is 0.962. The van der Waals surface area contributed by atoms with Gasteiger partial charge < -0.3 is 14.8 Å². The normalized spacial score (nSPS) is 10.4. The van der Waals surface area contributed by atoms with Crippen molar-refractivity contribution in [1.82, 2.24) is 4.98 Å². The Morgan fingerprint density at radius 3 is 2.57 bits per heavy atom. The van der Waals surface area contributed by atoms with Crippen molar-refractivity contribution in [2.45, 2.75) is 13.8 Å². The Bertz CT molecular complexity index is 1000. The Balaban J connectivity index is 1.65. The number of aromatic nitrogens is 1. The first-order valence-electron chi connectivity index (χ1n) is 8.36. The van der Waals surface area contributed by atoms with Crippen LogP contribution in [0, 0.1) is 13.8 Å². The number of halogens is 1. The van der Waals surface area contributed by atoms with Gasteiger partial charge in [0.1, 0.15) is 10.6 Å². The van der Waals surface area contributed by atoms with Crippen LogP contribution in [0.4, 0.5) is 5.69 Å². The first-order chi connectivity index (χ1) is 13.4. The molecule has 0 saturated heterocycles. The molecule has 144 valence electrons. The summed E-state index contributed by atoms with van der Waals surface area (Å²) in [4.78, 5) is 28.9. The minimum atomic E-state index is -0.579. The molecule has 0 bridgehead atoms. The van der Waals surface area contributed by atoms with Crippen molar-refractivity contribution in [1.29, 1.82) is 0 Å². The van der Waals surface area contributed by atoms with Crippen LogP contribution in [0.2, 0.25) is 5.02 Å². The van der Waals surface area contributed by atoms with Gasteiger partial charge in [-0.2, -0.15) is 0 Å². The van der Waals surface area contributed by atoms with E-state index in [2.05, 4.69) is 10.3 Å². The number of ether oxygens (including phenoxy) is 2. The number of hydrogen-bond acceptors (Lipinski definition) is 6. The maximum atomic E-state index is 12.3. The standard InChI is InChI=1S/C20H17ClN2O4S/c1-12-19(28-13(2)22-12)20(25)26-11-18(24)23-16-10-14(21)8-9-17(16)27-15-6-4-3-5-7-15/h3-10H,11H2,1-2H3,(H,23,24). The van der Waals surface area contributed by atoms with Crippen molar-refractivity contribution in [3.05, 3.63) is 69.1 Å². The number of benzene rings is 2. The second-order valence-corrected chi connectivity index (χ2v) is 7.47. The molecule has 8 heteroatoms. The zero-order valence-corrected chi connectivity index (χ0v) is 16.8. The third kappa shape index (κ3) is 5.09. The van der Waals surface area contributed by atoms with Crippen molar-refractivity contribution in [2.75, 3.05) is 11.9 Å². The lowest BCUT2D eigenvalue weighted by Crippen LogP contribution is -2.21. The van der Waals surface area contributed by atoms with Crippen LogP contribution in [0.25, 0.3) is 0 Å². The number of amides is 1. The van der Waals surface area contributed by atoms with Crippen LogP contribution in [0.3, 0.4) is 0 Å². The highest BCUT2D eigenvalue weighted by atomic mass is 35.5. The number of carbonyl (C=O) groups is 2. The third-order valence-corrected chi connectivity index (χ3v) is 4.90. The number of nitrogens with one attached hydrogen (secondary N) is 1. The molecule has 6 nitrogen and oxygen atoms in total. The average molecular weight is 417 g/mol. The fraction of sp³-hybridized carbons (Fsp3) is 0.150. The summed E-state index contributed by atoms with van der Waals surface area (Å²) in [5.74, 6) is -0.0514. The topological polar surface area (TPSA) is 77.5 Å². The number of anilines is 1. The van der Waals surface area contributed by atoms with Crippen molar-refractivity contribution in [3.63, 3.8) is 0 Å². The van der Waals surface area contributed by atoms with E-state index < -0.39 is 18.5 Å². The fourth-order valence-corrected chi connectivity index (χ4v) is 3.39. The number of aryl methyl sites for hydroxylation is 2. The van der Waals surface area contributed by atoms with Gasteiger partial charge in [-0.1, -0.05) is 29.8 Å². The van der Waals surface area contributed by atoms with Gasteiger partial charge >= 0.3 is 5.97 Å². The van der Waals surface area contributed by atoms with Crippen LogP contribution >= 0.6 is 22.9 Å². The molecule has 0 spiro atoms. The first-order valence-corrected chi connectivity index (χ1v) is 9.55. The zero-order valence-electron chi connectivity index (χ0n) is 15.2. The maximum absolute atomic E-state index is 12.3. The van der Waals surface area contributed by atoms with Crippen LogP contribution < -0.4 is 10.1 Å². The lowest BCUT2D eigenvalue weighted by molar-refractivity contribution is -0.119. The SMILES string of the molecule is Cc1nc(C)c(C(=O)OCC(=O)Nc2cc(Cl)ccc2Oc2ccccc2)s1. The lowest BCUT2D eigenvalue weighted by atomic mass is 10.2. The van der Waals surface area contributed by atoms with Gasteiger partial charge in [-0.25, -0.2) is 9.78 Å². The van der Waals surface area contributed by atoms with E-state index in [0.717, 1.165) is 5.01 Å². The van der Waals surface area contributed by atoms with E-state index in [1.165, 1.54) is 11.3 Å². The number of nitrogens with zero attached hydrogens (tertiary/aromatic N) is 1. The summed E-state index contributed by atoms with van der Waals surface area (Å²) in [6.45, 7) is 3.08. The fourth-order valence-electron chi connectivity index (χ4n) is 2.41. The molecule has 1 aromatic heterocycles. The van der Waals surface area contributed by atoms with Gasteiger partial charge in [0, 0.05) is 5.02 Å². The molecule has 1 N–H and O–H groups in total. The van der Waals surface area contributed by atoms with E-state index in [9.17, 15) is 9.59 Å². The summed E-state index contributed by atoms with van der Waals surface area (Å²) < 4.78 is 10.9. The lowest BCUT2D eigenvalue weighted by Gasteiger charge is -2.13.